The Balaban J connectivity index is 2.37. The summed E-state index contributed by atoms with van der Waals surface area (Å²) < 4.78 is 0. The van der Waals surface area contributed by atoms with Crippen LogP contribution in [-0.4, -0.2) is 23.1 Å². The molecule has 1 heterocycles. The van der Waals surface area contributed by atoms with Crippen molar-refractivity contribution < 1.29 is 10.0 Å². The summed E-state index contributed by atoms with van der Waals surface area (Å²) in [6, 6.07) is 4.94. The van der Waals surface area contributed by atoms with Crippen molar-refractivity contribution >= 4 is 11.4 Å². The van der Waals surface area contributed by atoms with Crippen molar-refractivity contribution in [3.8, 4) is 0 Å². The van der Waals surface area contributed by atoms with Gasteiger partial charge in [-0.05, 0) is 31.9 Å². The van der Waals surface area contributed by atoms with Crippen LogP contribution < -0.4 is 4.90 Å². The molecule has 1 atom stereocenters. The molecule has 0 spiro atoms. The molecule has 0 amide bonds. The molecule has 1 aliphatic heterocycles. The number of anilines is 1. The normalized spacial score (nSPS) is 17.0. The maximum Gasteiger partial charge on any atom is 0.292 e. The summed E-state index contributed by atoms with van der Waals surface area (Å²) in [4.78, 5) is 12.8. The van der Waals surface area contributed by atoms with Crippen LogP contribution in [0, 0.1) is 10.1 Å². The van der Waals surface area contributed by atoms with E-state index in [0.717, 1.165) is 13.0 Å². The van der Waals surface area contributed by atoms with Gasteiger partial charge in [0.25, 0.3) is 5.69 Å². The fourth-order valence-electron chi connectivity index (χ4n) is 2.20. The van der Waals surface area contributed by atoms with Gasteiger partial charge in [-0.1, -0.05) is 17.7 Å². The van der Waals surface area contributed by atoms with Crippen molar-refractivity contribution in [1.29, 1.82) is 0 Å². The second-order valence-electron chi connectivity index (χ2n) is 4.93. The van der Waals surface area contributed by atoms with Gasteiger partial charge < -0.3 is 10.0 Å². The smallest absolute Gasteiger partial charge is 0.292 e. The molecule has 5 heteroatoms. The lowest BCUT2D eigenvalue weighted by Gasteiger charge is -2.27. The average molecular weight is 262 g/mol. The van der Waals surface area contributed by atoms with Gasteiger partial charge in [0, 0.05) is 19.2 Å². The van der Waals surface area contributed by atoms with Crippen molar-refractivity contribution in [1.82, 2.24) is 0 Å². The van der Waals surface area contributed by atoms with E-state index in [2.05, 4.69) is 13.0 Å². The van der Waals surface area contributed by atoms with Crippen LogP contribution in [0.15, 0.2) is 29.8 Å². The summed E-state index contributed by atoms with van der Waals surface area (Å²) in [5.74, 6) is 0. The van der Waals surface area contributed by atoms with Crippen molar-refractivity contribution in [3.05, 3.63) is 45.5 Å². The van der Waals surface area contributed by atoms with Crippen LogP contribution in [0.3, 0.4) is 0 Å². The molecule has 0 unspecified atom stereocenters. The van der Waals surface area contributed by atoms with Crippen LogP contribution in [0.2, 0.25) is 0 Å². The van der Waals surface area contributed by atoms with Gasteiger partial charge in [-0.15, -0.1) is 0 Å². The maximum absolute atomic E-state index is 11.2. The maximum atomic E-state index is 11.2. The van der Waals surface area contributed by atoms with Gasteiger partial charge >= 0.3 is 0 Å². The van der Waals surface area contributed by atoms with Gasteiger partial charge in [0.2, 0.25) is 0 Å². The van der Waals surface area contributed by atoms with Crippen LogP contribution >= 0.6 is 0 Å². The lowest BCUT2D eigenvalue weighted by molar-refractivity contribution is -0.384. The van der Waals surface area contributed by atoms with E-state index in [-0.39, 0.29) is 10.6 Å². The quantitative estimate of drug-likeness (QED) is 0.516. The van der Waals surface area contributed by atoms with E-state index in [9.17, 15) is 15.2 Å². The van der Waals surface area contributed by atoms with Gasteiger partial charge in [0.15, 0.2) is 0 Å². The van der Waals surface area contributed by atoms with E-state index in [1.807, 2.05) is 4.90 Å². The Morgan fingerprint density at radius 2 is 2.21 bits per heavy atom. The third-order valence-corrected chi connectivity index (χ3v) is 3.46. The molecule has 0 aromatic heterocycles. The van der Waals surface area contributed by atoms with Crippen LogP contribution in [0.5, 0.6) is 0 Å². The van der Waals surface area contributed by atoms with E-state index in [4.69, 9.17) is 0 Å². The Bertz CT molecular complexity index is 523. The van der Waals surface area contributed by atoms with Gasteiger partial charge in [-0.2, -0.15) is 0 Å². The number of rotatable bonds is 3. The first-order valence-corrected chi connectivity index (χ1v) is 6.36. The van der Waals surface area contributed by atoms with Crippen LogP contribution in [0.25, 0.3) is 0 Å². The number of nitro groups is 1. The monoisotopic (exact) mass is 262 g/mol. The summed E-state index contributed by atoms with van der Waals surface area (Å²) in [5, 5.41) is 20.7. The summed E-state index contributed by atoms with van der Waals surface area (Å²) in [6.07, 6.45) is 2.32. The number of aliphatic hydroxyl groups is 1. The van der Waals surface area contributed by atoms with Gasteiger partial charge in [0.05, 0.1) is 11.0 Å². The Morgan fingerprint density at radius 1 is 1.47 bits per heavy atom. The highest BCUT2D eigenvalue weighted by Crippen LogP contribution is 2.32. The van der Waals surface area contributed by atoms with Crippen molar-refractivity contribution in [2.45, 2.75) is 26.4 Å². The van der Waals surface area contributed by atoms with Crippen LogP contribution in [0.1, 0.15) is 31.9 Å². The van der Waals surface area contributed by atoms with Crippen molar-refractivity contribution in [2.24, 2.45) is 0 Å². The average Bonchev–Trinajstić information content (AvgIpc) is 2.38. The molecule has 0 radical (unpaired) electrons. The molecule has 0 aliphatic carbocycles. The van der Waals surface area contributed by atoms with E-state index >= 15 is 0 Å². The largest absolute Gasteiger partial charge is 0.389 e. The molecular weight excluding hydrogens is 244 g/mol. The SMILES string of the molecule is CC1=CCN(c2ccc([C@@H](C)O)cc2[N+](=O)[O-])CC1. The first-order chi connectivity index (χ1) is 8.99. The highest BCUT2D eigenvalue weighted by molar-refractivity contribution is 5.65. The predicted octanol–water partition coefficient (Wildman–Crippen LogP) is 2.80. The molecule has 102 valence electrons. The summed E-state index contributed by atoms with van der Waals surface area (Å²) in [6.45, 7) is 5.16. The lowest BCUT2D eigenvalue weighted by atomic mass is 10.1. The number of aliphatic hydroxyl groups excluding tert-OH is 1. The van der Waals surface area contributed by atoms with Crippen LogP contribution in [0.4, 0.5) is 11.4 Å². The molecule has 0 saturated heterocycles. The fourth-order valence-corrected chi connectivity index (χ4v) is 2.20. The number of nitro benzene ring substituents is 1. The molecule has 1 aliphatic rings. The molecule has 19 heavy (non-hydrogen) atoms. The summed E-state index contributed by atoms with van der Waals surface area (Å²) >= 11 is 0. The fraction of sp³-hybridized carbons (Fsp3) is 0.429. The van der Waals surface area contributed by atoms with Crippen molar-refractivity contribution in [3.63, 3.8) is 0 Å². The highest BCUT2D eigenvalue weighted by Gasteiger charge is 2.21. The predicted molar refractivity (Wildman–Crippen MR) is 74.3 cm³/mol. The number of nitrogens with zero attached hydrogens (tertiary/aromatic N) is 2. The molecule has 1 N–H and O–H groups in total. The minimum absolute atomic E-state index is 0.0614. The number of hydrogen-bond acceptors (Lipinski definition) is 4. The molecule has 1 aromatic rings. The van der Waals surface area contributed by atoms with E-state index in [1.165, 1.54) is 11.6 Å². The molecule has 2 rings (SSSR count). The zero-order valence-electron chi connectivity index (χ0n) is 11.2. The number of benzene rings is 1. The Kier molecular flexibility index (Phi) is 3.85. The molecule has 5 nitrogen and oxygen atoms in total. The van der Waals surface area contributed by atoms with Gasteiger partial charge in [0.1, 0.15) is 5.69 Å². The number of hydrogen-bond donors (Lipinski definition) is 1. The van der Waals surface area contributed by atoms with E-state index in [0.29, 0.717) is 17.8 Å². The second-order valence-corrected chi connectivity index (χ2v) is 4.93. The molecule has 0 bridgehead atoms. The third kappa shape index (κ3) is 2.93. The Hall–Kier alpha value is -1.88. The minimum atomic E-state index is -0.698. The van der Waals surface area contributed by atoms with Crippen LogP contribution in [-0.2, 0) is 0 Å². The van der Waals surface area contributed by atoms with E-state index < -0.39 is 6.10 Å². The topological polar surface area (TPSA) is 66.6 Å². The summed E-state index contributed by atoms with van der Waals surface area (Å²) in [7, 11) is 0. The first kappa shape index (κ1) is 13.5. The molecular formula is C14H18N2O3. The molecule has 0 saturated carbocycles. The zero-order valence-corrected chi connectivity index (χ0v) is 11.2. The van der Waals surface area contributed by atoms with E-state index in [1.54, 1.807) is 19.1 Å². The highest BCUT2D eigenvalue weighted by atomic mass is 16.6. The molecule has 1 aromatic carbocycles. The first-order valence-electron chi connectivity index (χ1n) is 6.36. The standard InChI is InChI=1S/C14H18N2O3/c1-10-5-7-15(8-6-10)13-4-3-12(11(2)17)9-14(13)16(18)19/h3-5,9,11,17H,6-8H2,1-2H3/t11-/m1/s1. The summed E-state index contributed by atoms with van der Waals surface area (Å²) in [5.41, 5.74) is 2.57. The van der Waals surface area contributed by atoms with Gasteiger partial charge in [-0.3, -0.25) is 10.1 Å². The van der Waals surface area contributed by atoms with Gasteiger partial charge in [-0.25, -0.2) is 0 Å². The lowest BCUT2D eigenvalue weighted by Crippen LogP contribution is -2.28. The van der Waals surface area contributed by atoms with Crippen molar-refractivity contribution in [2.75, 3.05) is 18.0 Å². The zero-order chi connectivity index (χ0) is 14.0. The molecule has 0 fully saturated rings. The third-order valence-electron chi connectivity index (χ3n) is 3.46. The second kappa shape index (κ2) is 5.40. The minimum Gasteiger partial charge on any atom is -0.389 e. The Morgan fingerprint density at radius 3 is 2.74 bits per heavy atom. The Labute approximate surface area is 112 Å².